The highest BCUT2D eigenvalue weighted by Crippen LogP contribution is 2.25. The lowest BCUT2D eigenvalue weighted by molar-refractivity contribution is -0.384. The first kappa shape index (κ1) is 13.1. The Balaban J connectivity index is 3.20. The summed E-state index contributed by atoms with van der Waals surface area (Å²) in [5.41, 5.74) is 5.75. The zero-order valence-corrected chi connectivity index (χ0v) is 9.96. The first-order valence-corrected chi connectivity index (χ1v) is 5.10. The highest BCUT2D eigenvalue weighted by molar-refractivity contribution is 7.80. The van der Waals surface area contributed by atoms with Crippen LogP contribution in [0.25, 0.3) is 6.08 Å². The summed E-state index contributed by atoms with van der Waals surface area (Å²) in [5.74, 6) is 0. The third kappa shape index (κ3) is 3.24. The lowest BCUT2D eigenvalue weighted by Crippen LogP contribution is -2.09. The van der Waals surface area contributed by atoms with Gasteiger partial charge in [0.2, 0.25) is 0 Å². The molecule has 0 heterocycles. The van der Waals surface area contributed by atoms with E-state index in [4.69, 9.17) is 22.6 Å². The standard InChI is InChI=1S/C10H6ClN3O2S/c11-8-4-6(1-2-9(8)14(15)16)3-7(5-12)10(13)17/h1-4H,(H2,13,17)/b7-3-. The van der Waals surface area contributed by atoms with Crippen LogP contribution in [0.1, 0.15) is 5.56 Å². The van der Waals surface area contributed by atoms with Gasteiger partial charge in [-0.2, -0.15) is 5.26 Å². The predicted octanol–water partition coefficient (Wildman–Crippen LogP) is 2.44. The van der Waals surface area contributed by atoms with E-state index in [1.807, 2.05) is 6.07 Å². The second-order valence-corrected chi connectivity index (χ2v) is 3.85. The van der Waals surface area contributed by atoms with Crippen molar-refractivity contribution in [3.05, 3.63) is 44.5 Å². The Morgan fingerprint density at radius 1 is 1.65 bits per heavy atom. The smallest absolute Gasteiger partial charge is 0.287 e. The largest absolute Gasteiger partial charge is 0.389 e. The summed E-state index contributed by atoms with van der Waals surface area (Å²) >= 11 is 10.4. The van der Waals surface area contributed by atoms with E-state index >= 15 is 0 Å². The van der Waals surface area contributed by atoms with Gasteiger partial charge in [0.25, 0.3) is 5.69 Å². The summed E-state index contributed by atoms with van der Waals surface area (Å²) in [6.07, 6.45) is 1.41. The summed E-state index contributed by atoms with van der Waals surface area (Å²) in [6.45, 7) is 0. The quantitative estimate of drug-likeness (QED) is 0.298. The molecule has 2 N–H and O–H groups in total. The molecule has 0 aliphatic carbocycles. The molecule has 0 aliphatic heterocycles. The van der Waals surface area contributed by atoms with E-state index in [2.05, 4.69) is 12.2 Å². The molecule has 86 valence electrons. The number of hydrogen-bond acceptors (Lipinski definition) is 4. The lowest BCUT2D eigenvalue weighted by Gasteiger charge is -1.98. The van der Waals surface area contributed by atoms with Crippen LogP contribution in [0.3, 0.4) is 0 Å². The minimum Gasteiger partial charge on any atom is -0.389 e. The predicted molar refractivity (Wildman–Crippen MR) is 68.5 cm³/mol. The fourth-order valence-electron chi connectivity index (χ4n) is 1.09. The normalized spacial score (nSPS) is 10.7. The molecule has 0 fully saturated rings. The molecule has 1 rings (SSSR count). The van der Waals surface area contributed by atoms with Crippen LogP contribution < -0.4 is 5.73 Å². The van der Waals surface area contributed by atoms with Crippen LogP contribution in [0.4, 0.5) is 5.69 Å². The van der Waals surface area contributed by atoms with Crippen molar-refractivity contribution >= 4 is 40.6 Å². The molecule has 0 saturated carbocycles. The van der Waals surface area contributed by atoms with Crippen LogP contribution in [0.15, 0.2) is 23.8 Å². The minimum atomic E-state index is -0.589. The second-order valence-electron chi connectivity index (χ2n) is 3.00. The summed E-state index contributed by atoms with van der Waals surface area (Å²) in [5, 5.41) is 19.3. The molecule has 0 saturated heterocycles. The van der Waals surface area contributed by atoms with E-state index < -0.39 is 4.92 Å². The highest BCUT2D eigenvalue weighted by Gasteiger charge is 2.11. The molecule has 0 aliphatic rings. The molecule has 0 atom stereocenters. The van der Waals surface area contributed by atoms with Gasteiger partial charge in [-0.15, -0.1) is 0 Å². The van der Waals surface area contributed by atoms with E-state index in [9.17, 15) is 10.1 Å². The first-order chi connectivity index (χ1) is 7.95. The Morgan fingerprint density at radius 2 is 2.29 bits per heavy atom. The molecule has 0 spiro atoms. The van der Waals surface area contributed by atoms with Crippen LogP contribution in [0.2, 0.25) is 5.02 Å². The van der Waals surface area contributed by atoms with Gasteiger partial charge in [0.1, 0.15) is 16.1 Å². The van der Waals surface area contributed by atoms with Crippen molar-refractivity contribution in [1.82, 2.24) is 0 Å². The molecule has 1 aromatic rings. The topological polar surface area (TPSA) is 92.9 Å². The summed E-state index contributed by atoms with van der Waals surface area (Å²) < 4.78 is 0. The van der Waals surface area contributed by atoms with Gasteiger partial charge >= 0.3 is 0 Å². The van der Waals surface area contributed by atoms with Crippen molar-refractivity contribution in [3.63, 3.8) is 0 Å². The maximum Gasteiger partial charge on any atom is 0.287 e. The van der Waals surface area contributed by atoms with E-state index in [1.54, 1.807) is 0 Å². The average Bonchev–Trinajstić information content (AvgIpc) is 2.24. The van der Waals surface area contributed by atoms with Crippen molar-refractivity contribution < 1.29 is 4.92 Å². The number of benzene rings is 1. The molecule has 1 aromatic carbocycles. The van der Waals surface area contributed by atoms with Gasteiger partial charge in [0.15, 0.2) is 0 Å². The zero-order valence-electron chi connectivity index (χ0n) is 8.38. The average molecular weight is 268 g/mol. The number of nitro benzene ring substituents is 1. The number of nitro groups is 1. The number of nitrogens with zero attached hydrogens (tertiary/aromatic N) is 2. The number of rotatable bonds is 3. The summed E-state index contributed by atoms with van der Waals surface area (Å²) in [6, 6.07) is 5.91. The van der Waals surface area contributed by atoms with Crippen molar-refractivity contribution in [2.75, 3.05) is 0 Å². The second kappa shape index (κ2) is 5.39. The van der Waals surface area contributed by atoms with E-state index in [-0.39, 0.29) is 21.3 Å². The van der Waals surface area contributed by atoms with Crippen molar-refractivity contribution in [2.45, 2.75) is 0 Å². The van der Waals surface area contributed by atoms with E-state index in [1.165, 1.54) is 24.3 Å². The Bertz CT molecular complexity index is 563. The fraction of sp³-hybridized carbons (Fsp3) is 0. The lowest BCUT2D eigenvalue weighted by atomic mass is 10.1. The Labute approximate surface area is 107 Å². The van der Waals surface area contributed by atoms with E-state index in [0.29, 0.717) is 5.56 Å². The van der Waals surface area contributed by atoms with Crippen molar-refractivity contribution in [1.29, 1.82) is 5.26 Å². The molecule has 17 heavy (non-hydrogen) atoms. The van der Waals surface area contributed by atoms with Crippen LogP contribution in [-0.4, -0.2) is 9.91 Å². The van der Waals surface area contributed by atoms with Crippen LogP contribution in [-0.2, 0) is 0 Å². The number of nitriles is 1. The van der Waals surface area contributed by atoms with Crippen molar-refractivity contribution in [2.24, 2.45) is 5.73 Å². The monoisotopic (exact) mass is 267 g/mol. The molecule has 5 nitrogen and oxygen atoms in total. The van der Waals surface area contributed by atoms with Gasteiger partial charge in [-0.3, -0.25) is 10.1 Å². The molecule has 0 radical (unpaired) electrons. The zero-order chi connectivity index (χ0) is 13.0. The van der Waals surface area contributed by atoms with Crippen molar-refractivity contribution in [3.8, 4) is 6.07 Å². The van der Waals surface area contributed by atoms with Gasteiger partial charge < -0.3 is 5.73 Å². The molecule has 0 bridgehead atoms. The number of thiocarbonyl (C=S) groups is 1. The number of nitrogens with two attached hydrogens (primary N) is 1. The Hall–Kier alpha value is -1.97. The van der Waals surface area contributed by atoms with Crippen LogP contribution >= 0.6 is 23.8 Å². The maximum absolute atomic E-state index is 10.5. The molecule has 0 unspecified atom stereocenters. The van der Waals surface area contributed by atoms with Crippen LogP contribution in [0, 0.1) is 21.4 Å². The third-order valence-electron chi connectivity index (χ3n) is 1.87. The van der Waals surface area contributed by atoms with Gasteiger partial charge in [-0.25, -0.2) is 0 Å². The molecular formula is C10H6ClN3O2S. The fourth-order valence-corrected chi connectivity index (χ4v) is 1.45. The first-order valence-electron chi connectivity index (χ1n) is 4.31. The molecule has 0 aromatic heterocycles. The Morgan fingerprint density at radius 3 is 2.71 bits per heavy atom. The van der Waals surface area contributed by atoms with E-state index in [0.717, 1.165) is 0 Å². The SMILES string of the molecule is N#C/C(=C/c1ccc([N+](=O)[O-])c(Cl)c1)C(N)=S. The van der Waals surface area contributed by atoms with Gasteiger partial charge in [-0.05, 0) is 23.8 Å². The number of hydrogen-bond donors (Lipinski definition) is 1. The minimum absolute atomic E-state index is 0.0102. The Kier molecular flexibility index (Phi) is 4.15. The molecule has 0 amide bonds. The van der Waals surface area contributed by atoms with Gasteiger partial charge in [-0.1, -0.05) is 23.8 Å². The highest BCUT2D eigenvalue weighted by atomic mass is 35.5. The van der Waals surface area contributed by atoms with Crippen LogP contribution in [0.5, 0.6) is 0 Å². The number of halogens is 1. The summed E-state index contributed by atoms with van der Waals surface area (Å²) in [7, 11) is 0. The maximum atomic E-state index is 10.5. The van der Waals surface area contributed by atoms with Gasteiger partial charge in [0, 0.05) is 6.07 Å². The summed E-state index contributed by atoms with van der Waals surface area (Å²) in [4.78, 5) is 9.90. The molecule has 7 heteroatoms. The van der Waals surface area contributed by atoms with Gasteiger partial charge in [0.05, 0.1) is 10.5 Å². The molecular weight excluding hydrogens is 262 g/mol. The third-order valence-corrected chi connectivity index (χ3v) is 2.39.